The first-order valence-electron chi connectivity index (χ1n) is 12.4. The maximum atomic E-state index is 11.9. The zero-order valence-corrected chi connectivity index (χ0v) is 20.7. The highest BCUT2D eigenvalue weighted by Gasteiger charge is 2.46. The number of hydrogen-bond acceptors (Lipinski definition) is 6. The van der Waals surface area contributed by atoms with Crippen LogP contribution in [0.5, 0.6) is 0 Å². The van der Waals surface area contributed by atoms with Crippen LogP contribution in [0.3, 0.4) is 0 Å². The van der Waals surface area contributed by atoms with Crippen LogP contribution in [0.1, 0.15) is 45.1 Å². The molecule has 3 aliphatic rings. The number of rotatable bonds is 4. The lowest BCUT2D eigenvalue weighted by atomic mass is 9.81. The molecule has 184 valence electrons. The quantitative estimate of drug-likeness (QED) is 0.718. The summed E-state index contributed by atoms with van der Waals surface area (Å²) >= 11 is 0. The number of likely N-dealkylation sites (tertiary alicyclic amines) is 1. The molecule has 0 spiro atoms. The molecule has 3 aliphatic heterocycles. The Balaban J connectivity index is 1.34. The predicted molar refractivity (Wildman–Crippen MR) is 129 cm³/mol. The number of aryl methyl sites for hydroxylation is 1. The first-order chi connectivity index (χ1) is 15.6. The highest BCUT2D eigenvalue weighted by molar-refractivity contribution is 5.73. The molecule has 0 radical (unpaired) electrons. The second-order valence-corrected chi connectivity index (χ2v) is 10.9. The van der Waals surface area contributed by atoms with Crippen molar-refractivity contribution in [1.29, 1.82) is 0 Å². The molecule has 4 rings (SSSR count). The predicted octanol–water partition coefficient (Wildman–Crippen LogP) is 2.04. The maximum Gasteiger partial charge on any atom is 0.219 e. The van der Waals surface area contributed by atoms with Crippen molar-refractivity contribution < 1.29 is 19.7 Å². The van der Waals surface area contributed by atoms with E-state index in [1.165, 1.54) is 18.2 Å². The van der Waals surface area contributed by atoms with Crippen LogP contribution in [0, 0.1) is 12.8 Å². The summed E-state index contributed by atoms with van der Waals surface area (Å²) in [5, 5.41) is 22.6. The van der Waals surface area contributed by atoms with E-state index in [4.69, 9.17) is 4.74 Å². The Bertz CT molecular complexity index is 819. The van der Waals surface area contributed by atoms with Crippen molar-refractivity contribution in [2.24, 2.45) is 5.92 Å². The Labute approximate surface area is 198 Å². The van der Waals surface area contributed by atoms with E-state index < -0.39 is 11.2 Å². The average Bonchev–Trinajstić information content (AvgIpc) is 2.88. The minimum absolute atomic E-state index is 0.0606. The lowest BCUT2D eigenvalue weighted by Crippen LogP contribution is -2.55. The number of ether oxygens (including phenoxy) is 1. The standard InChI is InChI=1S/C26H41N3O4/c1-19-5-7-22(8-6-19)29-13-10-26(32,11-14-29)18-28-12-9-23-21(16-28)15-25(3,31)24(17-33-23)27(4)20(2)30/h5-8,21,23-24,31-32H,9-18H2,1-4H3/t21-,23+,24+,25+/m0/s1. The molecule has 1 amide bonds. The third kappa shape index (κ3) is 5.53. The summed E-state index contributed by atoms with van der Waals surface area (Å²) in [5.74, 6) is 0.130. The van der Waals surface area contributed by atoms with Gasteiger partial charge in [-0.3, -0.25) is 4.79 Å². The highest BCUT2D eigenvalue weighted by Crippen LogP contribution is 2.36. The third-order valence-electron chi connectivity index (χ3n) is 8.19. The summed E-state index contributed by atoms with van der Waals surface area (Å²) < 4.78 is 6.21. The van der Waals surface area contributed by atoms with Gasteiger partial charge in [0.2, 0.25) is 5.91 Å². The molecule has 0 saturated carbocycles. The van der Waals surface area contributed by atoms with E-state index >= 15 is 0 Å². The number of aliphatic hydroxyl groups is 2. The Morgan fingerprint density at radius 1 is 1.18 bits per heavy atom. The van der Waals surface area contributed by atoms with Crippen LogP contribution in [-0.4, -0.2) is 95.6 Å². The smallest absolute Gasteiger partial charge is 0.219 e. The number of hydrogen-bond donors (Lipinski definition) is 2. The summed E-state index contributed by atoms with van der Waals surface area (Å²) in [4.78, 5) is 18.2. The Morgan fingerprint density at radius 3 is 2.48 bits per heavy atom. The second kappa shape index (κ2) is 9.53. The van der Waals surface area contributed by atoms with E-state index in [1.807, 2.05) is 6.92 Å². The first-order valence-corrected chi connectivity index (χ1v) is 12.4. The fraction of sp³-hybridized carbons (Fsp3) is 0.731. The molecule has 1 aromatic rings. The van der Waals surface area contributed by atoms with E-state index in [1.54, 1.807) is 11.9 Å². The second-order valence-electron chi connectivity index (χ2n) is 10.9. The van der Waals surface area contributed by atoms with E-state index in [0.717, 1.165) is 45.4 Å². The normalized spacial score (nSPS) is 32.7. The monoisotopic (exact) mass is 459 g/mol. The molecule has 7 nitrogen and oxygen atoms in total. The maximum absolute atomic E-state index is 11.9. The van der Waals surface area contributed by atoms with Crippen molar-refractivity contribution in [3.63, 3.8) is 0 Å². The Morgan fingerprint density at radius 2 is 1.85 bits per heavy atom. The first kappa shape index (κ1) is 24.5. The topological polar surface area (TPSA) is 76.5 Å². The van der Waals surface area contributed by atoms with Gasteiger partial charge in [-0.15, -0.1) is 0 Å². The van der Waals surface area contributed by atoms with Crippen LogP contribution in [0.25, 0.3) is 0 Å². The van der Waals surface area contributed by atoms with E-state index in [9.17, 15) is 15.0 Å². The van der Waals surface area contributed by atoms with Gasteiger partial charge in [-0.2, -0.15) is 0 Å². The van der Waals surface area contributed by atoms with Crippen LogP contribution in [-0.2, 0) is 9.53 Å². The zero-order chi connectivity index (χ0) is 23.8. The van der Waals surface area contributed by atoms with Crippen LogP contribution in [0.4, 0.5) is 5.69 Å². The minimum Gasteiger partial charge on any atom is -0.388 e. The molecule has 4 atom stereocenters. The number of likely N-dealkylation sites (N-methyl/N-ethyl adjacent to an activating group) is 1. The molecule has 3 heterocycles. The van der Waals surface area contributed by atoms with Crippen molar-refractivity contribution in [2.45, 2.75) is 69.8 Å². The number of nitrogens with zero attached hydrogens (tertiary/aromatic N) is 3. The van der Waals surface area contributed by atoms with Crippen LogP contribution in [0.2, 0.25) is 0 Å². The molecule has 3 fully saturated rings. The molecular formula is C26H41N3O4. The molecule has 7 heteroatoms. The number of amides is 1. The molecule has 33 heavy (non-hydrogen) atoms. The molecule has 2 N–H and O–H groups in total. The zero-order valence-electron chi connectivity index (χ0n) is 20.7. The molecule has 0 unspecified atom stereocenters. The molecule has 0 bridgehead atoms. The SMILES string of the molecule is CC(=O)N(C)[C@@H]1CO[C@@H]2CCN(CC3(O)CCN(c4ccc(C)cc4)CC3)C[C@@H]2C[C@@]1(C)O. The van der Waals surface area contributed by atoms with Gasteiger partial charge in [-0.05, 0) is 51.7 Å². The van der Waals surface area contributed by atoms with Gasteiger partial charge in [0.25, 0.3) is 0 Å². The molecule has 1 aromatic carbocycles. The van der Waals surface area contributed by atoms with E-state index in [-0.39, 0.29) is 24.0 Å². The Kier molecular flexibility index (Phi) is 7.06. The third-order valence-corrected chi connectivity index (χ3v) is 8.19. The number of benzene rings is 1. The van der Waals surface area contributed by atoms with Gasteiger partial charge >= 0.3 is 0 Å². The van der Waals surface area contributed by atoms with Gasteiger partial charge in [-0.25, -0.2) is 0 Å². The lowest BCUT2D eigenvalue weighted by Gasteiger charge is -2.45. The van der Waals surface area contributed by atoms with E-state index in [2.05, 4.69) is 41.0 Å². The van der Waals surface area contributed by atoms with Crippen LogP contribution in [0.15, 0.2) is 24.3 Å². The number of carbonyl (C=O) groups is 1. The largest absolute Gasteiger partial charge is 0.388 e. The number of anilines is 1. The number of carbonyl (C=O) groups excluding carboxylic acids is 1. The summed E-state index contributed by atoms with van der Waals surface area (Å²) in [7, 11) is 1.74. The van der Waals surface area contributed by atoms with Crippen molar-refractivity contribution in [3.05, 3.63) is 29.8 Å². The van der Waals surface area contributed by atoms with Crippen molar-refractivity contribution in [1.82, 2.24) is 9.80 Å². The van der Waals surface area contributed by atoms with Gasteiger partial charge < -0.3 is 29.6 Å². The average molecular weight is 460 g/mol. The van der Waals surface area contributed by atoms with Crippen molar-refractivity contribution in [3.8, 4) is 0 Å². The lowest BCUT2D eigenvalue weighted by molar-refractivity contribution is -0.138. The molecule has 3 saturated heterocycles. The van der Waals surface area contributed by atoms with Crippen molar-refractivity contribution in [2.75, 3.05) is 51.3 Å². The number of β-amino-alcohol motifs (C(OH)–C–C–N with tert-alkyl or cyclic N) is 1. The summed E-state index contributed by atoms with van der Waals surface area (Å²) in [6.07, 6.45) is 3.09. The van der Waals surface area contributed by atoms with Gasteiger partial charge in [0, 0.05) is 58.3 Å². The summed E-state index contributed by atoms with van der Waals surface area (Å²) in [5.41, 5.74) is 0.807. The minimum atomic E-state index is -1.00. The Hall–Kier alpha value is -1.67. The number of piperidine rings is 2. The van der Waals surface area contributed by atoms with Gasteiger partial charge in [0.15, 0.2) is 0 Å². The molecule has 0 aromatic heterocycles. The van der Waals surface area contributed by atoms with Crippen LogP contribution < -0.4 is 4.90 Å². The van der Waals surface area contributed by atoms with Gasteiger partial charge in [-0.1, -0.05) is 17.7 Å². The van der Waals surface area contributed by atoms with Crippen LogP contribution >= 0.6 is 0 Å². The summed E-state index contributed by atoms with van der Waals surface area (Å²) in [6, 6.07) is 8.27. The van der Waals surface area contributed by atoms with Gasteiger partial charge in [0.05, 0.1) is 30.0 Å². The van der Waals surface area contributed by atoms with Crippen molar-refractivity contribution >= 4 is 11.6 Å². The molecular weight excluding hydrogens is 418 g/mol. The fourth-order valence-electron chi connectivity index (χ4n) is 5.97. The fourth-order valence-corrected chi connectivity index (χ4v) is 5.97. The van der Waals surface area contributed by atoms with E-state index in [0.29, 0.717) is 19.6 Å². The number of fused-ring (bicyclic) bond motifs is 1. The highest BCUT2D eigenvalue weighted by atomic mass is 16.5. The molecule has 0 aliphatic carbocycles. The summed E-state index contributed by atoms with van der Waals surface area (Å²) in [6.45, 7) is 9.90. The van der Waals surface area contributed by atoms with Gasteiger partial charge in [0.1, 0.15) is 0 Å².